The van der Waals surface area contributed by atoms with Crippen molar-refractivity contribution >= 4 is 0 Å². The highest BCUT2D eigenvalue weighted by Gasteiger charge is 2.39. The Hall–Kier alpha value is -1.06. The molecule has 94 valence electrons. The molecule has 2 atom stereocenters. The van der Waals surface area contributed by atoms with Crippen LogP contribution in [-0.4, -0.2) is 42.4 Å². The molecular weight excluding hydrogens is 214 g/mol. The minimum Gasteiger partial charge on any atom is -0.496 e. The summed E-state index contributed by atoms with van der Waals surface area (Å²) in [6.07, 6.45) is 1.48. The SMILES string of the molecule is COc1ccccc1CC1(O)CC(C)N(C)C1. The maximum absolute atomic E-state index is 10.6. The first kappa shape index (κ1) is 12.4. The zero-order chi connectivity index (χ0) is 12.5. The summed E-state index contributed by atoms with van der Waals surface area (Å²) in [4.78, 5) is 2.20. The molecule has 2 rings (SSSR count). The molecule has 1 aromatic carbocycles. The van der Waals surface area contributed by atoms with Crippen LogP contribution in [-0.2, 0) is 6.42 Å². The van der Waals surface area contributed by atoms with E-state index in [1.54, 1.807) is 7.11 Å². The number of likely N-dealkylation sites (tertiary alicyclic amines) is 1. The summed E-state index contributed by atoms with van der Waals surface area (Å²) >= 11 is 0. The van der Waals surface area contributed by atoms with Gasteiger partial charge in [0, 0.05) is 19.0 Å². The number of hydrogen-bond acceptors (Lipinski definition) is 3. The van der Waals surface area contributed by atoms with E-state index in [2.05, 4.69) is 18.9 Å². The second kappa shape index (κ2) is 4.67. The number of β-amino-alcohol motifs (C(OH)–C–C–N with tert-alkyl or cyclic N) is 1. The molecule has 1 saturated heterocycles. The molecule has 1 aromatic rings. The van der Waals surface area contributed by atoms with E-state index in [4.69, 9.17) is 4.74 Å². The van der Waals surface area contributed by atoms with E-state index in [-0.39, 0.29) is 0 Å². The Morgan fingerprint density at radius 1 is 1.47 bits per heavy atom. The van der Waals surface area contributed by atoms with Gasteiger partial charge in [0.2, 0.25) is 0 Å². The van der Waals surface area contributed by atoms with Crippen LogP contribution in [0.2, 0.25) is 0 Å². The maximum atomic E-state index is 10.6. The van der Waals surface area contributed by atoms with E-state index in [0.29, 0.717) is 12.5 Å². The fraction of sp³-hybridized carbons (Fsp3) is 0.571. The van der Waals surface area contributed by atoms with Crippen molar-refractivity contribution in [2.75, 3.05) is 20.7 Å². The molecular formula is C14H21NO2. The summed E-state index contributed by atoms with van der Waals surface area (Å²) in [5.41, 5.74) is 0.461. The molecule has 0 aromatic heterocycles. The molecule has 1 heterocycles. The zero-order valence-electron chi connectivity index (χ0n) is 10.8. The topological polar surface area (TPSA) is 32.7 Å². The van der Waals surface area contributed by atoms with Crippen molar-refractivity contribution in [2.45, 2.75) is 31.4 Å². The van der Waals surface area contributed by atoms with Gasteiger partial charge in [0.1, 0.15) is 5.75 Å². The fourth-order valence-corrected chi connectivity index (χ4v) is 2.72. The van der Waals surface area contributed by atoms with Crippen molar-refractivity contribution in [3.8, 4) is 5.75 Å². The summed E-state index contributed by atoms with van der Waals surface area (Å²) in [6.45, 7) is 2.88. The quantitative estimate of drug-likeness (QED) is 0.865. The molecule has 1 fully saturated rings. The van der Waals surface area contributed by atoms with E-state index in [1.165, 1.54) is 0 Å². The zero-order valence-corrected chi connectivity index (χ0v) is 10.8. The van der Waals surface area contributed by atoms with Gasteiger partial charge in [0.25, 0.3) is 0 Å². The first-order valence-electron chi connectivity index (χ1n) is 6.08. The van der Waals surface area contributed by atoms with Gasteiger partial charge < -0.3 is 14.7 Å². The third-order valence-electron chi connectivity index (χ3n) is 3.68. The number of methoxy groups -OCH3 is 1. The van der Waals surface area contributed by atoms with Gasteiger partial charge in [-0.3, -0.25) is 0 Å². The van der Waals surface area contributed by atoms with Crippen LogP contribution in [0.5, 0.6) is 5.75 Å². The monoisotopic (exact) mass is 235 g/mol. The van der Waals surface area contributed by atoms with E-state index in [1.807, 2.05) is 24.3 Å². The molecule has 0 radical (unpaired) electrons. The Labute approximate surface area is 103 Å². The van der Waals surface area contributed by atoms with Crippen LogP contribution in [0.3, 0.4) is 0 Å². The van der Waals surface area contributed by atoms with Crippen LogP contribution in [0.4, 0.5) is 0 Å². The number of benzene rings is 1. The van der Waals surface area contributed by atoms with Gasteiger partial charge >= 0.3 is 0 Å². The van der Waals surface area contributed by atoms with Crippen molar-refractivity contribution in [1.82, 2.24) is 4.90 Å². The minimum absolute atomic E-state index is 0.440. The number of rotatable bonds is 3. The molecule has 3 nitrogen and oxygen atoms in total. The molecule has 0 spiro atoms. The fourth-order valence-electron chi connectivity index (χ4n) is 2.72. The minimum atomic E-state index is -0.622. The van der Waals surface area contributed by atoms with Crippen LogP contribution in [0.25, 0.3) is 0 Å². The molecule has 0 amide bonds. The smallest absolute Gasteiger partial charge is 0.122 e. The average molecular weight is 235 g/mol. The first-order valence-corrected chi connectivity index (χ1v) is 6.08. The standard InChI is InChI=1S/C14H21NO2/c1-11-8-14(16,10-15(11)2)9-12-6-4-5-7-13(12)17-3/h4-7,11,16H,8-10H2,1-3H3. The highest BCUT2D eigenvalue weighted by molar-refractivity contribution is 5.34. The van der Waals surface area contributed by atoms with Crippen LogP contribution >= 0.6 is 0 Å². The summed E-state index contributed by atoms with van der Waals surface area (Å²) in [7, 11) is 3.73. The molecule has 0 saturated carbocycles. The summed E-state index contributed by atoms with van der Waals surface area (Å²) < 4.78 is 5.33. The van der Waals surface area contributed by atoms with Crippen molar-refractivity contribution in [3.63, 3.8) is 0 Å². The lowest BCUT2D eigenvalue weighted by Gasteiger charge is -2.23. The van der Waals surface area contributed by atoms with E-state index in [9.17, 15) is 5.11 Å². The molecule has 2 unspecified atom stereocenters. The predicted molar refractivity (Wildman–Crippen MR) is 68.4 cm³/mol. The number of para-hydroxylation sites is 1. The maximum Gasteiger partial charge on any atom is 0.122 e. The van der Waals surface area contributed by atoms with Gasteiger partial charge in [-0.05, 0) is 32.0 Å². The summed E-state index contributed by atoms with van der Waals surface area (Å²) in [5, 5.41) is 10.6. The molecule has 17 heavy (non-hydrogen) atoms. The van der Waals surface area contributed by atoms with Crippen LogP contribution < -0.4 is 4.74 Å². The van der Waals surface area contributed by atoms with Crippen LogP contribution in [0, 0.1) is 0 Å². The number of likely N-dealkylation sites (N-methyl/N-ethyl adjacent to an activating group) is 1. The predicted octanol–water partition coefficient (Wildman–Crippen LogP) is 1.69. The van der Waals surface area contributed by atoms with Crippen LogP contribution in [0.15, 0.2) is 24.3 Å². The summed E-state index contributed by atoms with van der Waals surface area (Å²) in [6, 6.07) is 8.36. The lowest BCUT2D eigenvalue weighted by Crippen LogP contribution is -2.34. The summed E-state index contributed by atoms with van der Waals surface area (Å²) in [5.74, 6) is 0.864. The molecule has 0 aliphatic carbocycles. The highest BCUT2D eigenvalue weighted by atomic mass is 16.5. The van der Waals surface area contributed by atoms with Gasteiger partial charge in [-0.2, -0.15) is 0 Å². The van der Waals surface area contributed by atoms with Gasteiger partial charge in [-0.1, -0.05) is 18.2 Å². The van der Waals surface area contributed by atoms with E-state index in [0.717, 1.165) is 24.3 Å². The molecule has 1 aliphatic rings. The van der Waals surface area contributed by atoms with Gasteiger partial charge in [-0.25, -0.2) is 0 Å². The van der Waals surface area contributed by atoms with Crippen LogP contribution in [0.1, 0.15) is 18.9 Å². The lowest BCUT2D eigenvalue weighted by molar-refractivity contribution is 0.0515. The second-order valence-electron chi connectivity index (χ2n) is 5.18. The average Bonchev–Trinajstić information content (AvgIpc) is 2.53. The third kappa shape index (κ3) is 2.61. The van der Waals surface area contributed by atoms with Gasteiger partial charge in [0.05, 0.1) is 12.7 Å². The molecule has 3 heteroatoms. The largest absolute Gasteiger partial charge is 0.496 e. The Balaban J connectivity index is 2.15. The normalized spacial score (nSPS) is 29.5. The Bertz CT molecular complexity index is 382. The molecule has 0 bridgehead atoms. The Kier molecular flexibility index (Phi) is 3.40. The van der Waals surface area contributed by atoms with Crippen molar-refractivity contribution in [1.29, 1.82) is 0 Å². The third-order valence-corrected chi connectivity index (χ3v) is 3.68. The highest BCUT2D eigenvalue weighted by Crippen LogP contribution is 2.31. The number of hydrogen-bond donors (Lipinski definition) is 1. The number of nitrogens with zero attached hydrogens (tertiary/aromatic N) is 1. The lowest BCUT2D eigenvalue weighted by atomic mass is 9.92. The molecule has 1 N–H and O–H groups in total. The van der Waals surface area contributed by atoms with Gasteiger partial charge in [0.15, 0.2) is 0 Å². The number of ether oxygens (including phenoxy) is 1. The Morgan fingerprint density at radius 3 is 2.76 bits per heavy atom. The van der Waals surface area contributed by atoms with E-state index < -0.39 is 5.60 Å². The van der Waals surface area contributed by atoms with E-state index >= 15 is 0 Å². The molecule has 1 aliphatic heterocycles. The second-order valence-corrected chi connectivity index (χ2v) is 5.18. The first-order chi connectivity index (χ1) is 8.04. The number of aliphatic hydroxyl groups is 1. The van der Waals surface area contributed by atoms with Crippen molar-refractivity contribution in [2.24, 2.45) is 0 Å². The van der Waals surface area contributed by atoms with Gasteiger partial charge in [-0.15, -0.1) is 0 Å². The van der Waals surface area contributed by atoms with Crippen molar-refractivity contribution in [3.05, 3.63) is 29.8 Å². The Morgan fingerprint density at radius 2 is 2.18 bits per heavy atom. The van der Waals surface area contributed by atoms with Crippen molar-refractivity contribution < 1.29 is 9.84 Å².